The summed E-state index contributed by atoms with van der Waals surface area (Å²) in [5.41, 5.74) is 2.44. The Morgan fingerprint density at radius 1 is 1.50 bits per heavy atom. The molecule has 4 nitrogen and oxygen atoms in total. The largest absolute Gasteiger partial charge is 0.396 e. The van der Waals surface area contributed by atoms with Crippen molar-refractivity contribution >= 4 is 0 Å². The monoisotopic (exact) mass is 225 g/mol. The topological polar surface area (TPSA) is 60.9 Å². The van der Waals surface area contributed by atoms with E-state index < -0.39 is 0 Å². The Morgan fingerprint density at radius 2 is 2.19 bits per heavy atom. The minimum Gasteiger partial charge on any atom is -0.396 e. The number of aliphatic hydroxyl groups is 1. The third-order valence-electron chi connectivity index (χ3n) is 2.94. The molecule has 0 spiro atoms. The lowest BCUT2D eigenvalue weighted by molar-refractivity contribution is 0.196. The minimum absolute atomic E-state index is 0.153. The lowest BCUT2D eigenvalue weighted by atomic mass is 9.85. The maximum atomic E-state index is 9.05. The van der Waals surface area contributed by atoms with Gasteiger partial charge in [-0.3, -0.25) is 5.10 Å². The Labute approximate surface area is 97.5 Å². The smallest absolute Gasteiger partial charge is 0.0535 e. The number of nitrogens with zero attached hydrogens (tertiary/aromatic N) is 1. The Kier molecular flexibility index (Phi) is 4.50. The molecule has 4 heteroatoms. The van der Waals surface area contributed by atoms with Crippen molar-refractivity contribution in [2.75, 3.05) is 6.61 Å². The van der Waals surface area contributed by atoms with Gasteiger partial charge >= 0.3 is 0 Å². The number of hydrogen-bond donors (Lipinski definition) is 3. The molecule has 0 aliphatic rings. The fraction of sp³-hybridized carbons (Fsp3) is 0.750. The van der Waals surface area contributed by atoms with Crippen LogP contribution in [-0.4, -0.2) is 28.0 Å². The van der Waals surface area contributed by atoms with Gasteiger partial charge in [0.05, 0.1) is 6.20 Å². The van der Waals surface area contributed by atoms with Crippen molar-refractivity contribution in [1.82, 2.24) is 15.5 Å². The first kappa shape index (κ1) is 13.2. The van der Waals surface area contributed by atoms with Crippen molar-refractivity contribution in [3.8, 4) is 0 Å². The minimum atomic E-state index is 0.153. The summed E-state index contributed by atoms with van der Waals surface area (Å²) in [7, 11) is 0. The molecule has 0 saturated carbocycles. The number of aryl methyl sites for hydroxylation is 1. The first-order valence-electron chi connectivity index (χ1n) is 5.78. The third kappa shape index (κ3) is 3.61. The lowest BCUT2D eigenvalue weighted by Gasteiger charge is -2.31. The predicted octanol–water partition coefficient (Wildman–Crippen LogP) is 1.60. The average Bonchev–Trinajstić information content (AvgIpc) is 2.57. The molecule has 1 unspecified atom stereocenters. The average molecular weight is 225 g/mol. The molecule has 16 heavy (non-hydrogen) atoms. The molecule has 1 rings (SSSR count). The standard InChI is InChI=1S/C12H23N3O/c1-9-10(8-14-15-9)7-13-11(5-6-16)12(2,3)4/h8,11,13,16H,5-7H2,1-4H3,(H,14,15). The predicted molar refractivity (Wildman–Crippen MR) is 65.1 cm³/mol. The van der Waals surface area contributed by atoms with Crippen LogP contribution in [-0.2, 0) is 6.54 Å². The molecule has 0 radical (unpaired) electrons. The molecule has 1 heterocycles. The van der Waals surface area contributed by atoms with E-state index in [2.05, 4.69) is 36.3 Å². The van der Waals surface area contributed by atoms with Crippen LogP contribution in [0.2, 0.25) is 0 Å². The van der Waals surface area contributed by atoms with Crippen LogP contribution in [0, 0.1) is 12.3 Å². The SMILES string of the molecule is Cc1[nH]ncc1CNC(CCO)C(C)(C)C. The fourth-order valence-electron chi connectivity index (χ4n) is 1.76. The van der Waals surface area contributed by atoms with Gasteiger partial charge < -0.3 is 10.4 Å². The quantitative estimate of drug-likeness (QED) is 0.713. The molecule has 0 bridgehead atoms. The van der Waals surface area contributed by atoms with E-state index in [0.29, 0.717) is 6.04 Å². The van der Waals surface area contributed by atoms with Crippen LogP contribution in [0.5, 0.6) is 0 Å². The highest BCUT2D eigenvalue weighted by Gasteiger charge is 2.23. The van der Waals surface area contributed by atoms with E-state index in [9.17, 15) is 0 Å². The van der Waals surface area contributed by atoms with Crippen LogP contribution in [0.1, 0.15) is 38.4 Å². The van der Waals surface area contributed by atoms with Crippen LogP contribution >= 0.6 is 0 Å². The van der Waals surface area contributed by atoms with Gasteiger partial charge in [-0.1, -0.05) is 20.8 Å². The highest BCUT2D eigenvalue weighted by molar-refractivity contribution is 5.14. The van der Waals surface area contributed by atoms with Crippen LogP contribution in [0.3, 0.4) is 0 Å². The van der Waals surface area contributed by atoms with Gasteiger partial charge in [-0.05, 0) is 18.8 Å². The number of H-pyrrole nitrogens is 1. The van der Waals surface area contributed by atoms with E-state index in [4.69, 9.17) is 5.11 Å². The van der Waals surface area contributed by atoms with Crippen molar-refractivity contribution in [3.63, 3.8) is 0 Å². The second kappa shape index (κ2) is 5.46. The summed E-state index contributed by atoms with van der Waals surface area (Å²) in [6, 6.07) is 0.312. The van der Waals surface area contributed by atoms with E-state index in [1.165, 1.54) is 5.56 Å². The molecule has 0 aliphatic carbocycles. The summed E-state index contributed by atoms with van der Waals surface area (Å²) in [6.07, 6.45) is 2.63. The second-order valence-electron chi connectivity index (χ2n) is 5.33. The van der Waals surface area contributed by atoms with Gasteiger partial charge in [0.1, 0.15) is 0 Å². The zero-order chi connectivity index (χ0) is 12.2. The van der Waals surface area contributed by atoms with Gasteiger partial charge in [-0.15, -0.1) is 0 Å². The molecular weight excluding hydrogens is 202 g/mol. The van der Waals surface area contributed by atoms with Crippen LogP contribution in [0.4, 0.5) is 0 Å². The summed E-state index contributed by atoms with van der Waals surface area (Å²) in [4.78, 5) is 0. The van der Waals surface area contributed by atoms with Crippen molar-refractivity contribution in [3.05, 3.63) is 17.5 Å². The molecule has 0 aromatic carbocycles. The van der Waals surface area contributed by atoms with Gasteiger partial charge in [0.2, 0.25) is 0 Å². The van der Waals surface area contributed by atoms with Gasteiger partial charge in [-0.2, -0.15) is 5.10 Å². The Morgan fingerprint density at radius 3 is 2.62 bits per heavy atom. The van der Waals surface area contributed by atoms with Crippen molar-refractivity contribution in [1.29, 1.82) is 0 Å². The molecule has 1 atom stereocenters. The molecule has 0 saturated heterocycles. The highest BCUT2D eigenvalue weighted by Crippen LogP contribution is 2.22. The summed E-state index contributed by atoms with van der Waals surface area (Å²) < 4.78 is 0. The summed E-state index contributed by atoms with van der Waals surface area (Å²) in [5.74, 6) is 0. The van der Waals surface area contributed by atoms with E-state index in [0.717, 1.165) is 18.7 Å². The second-order valence-corrected chi connectivity index (χ2v) is 5.33. The first-order chi connectivity index (χ1) is 7.45. The number of nitrogens with one attached hydrogen (secondary N) is 2. The molecule has 0 fully saturated rings. The van der Waals surface area contributed by atoms with Crippen molar-refractivity contribution in [2.24, 2.45) is 5.41 Å². The van der Waals surface area contributed by atoms with E-state index in [1.54, 1.807) is 0 Å². The normalized spacial score (nSPS) is 14.1. The van der Waals surface area contributed by atoms with Crippen LogP contribution in [0.25, 0.3) is 0 Å². The van der Waals surface area contributed by atoms with E-state index in [-0.39, 0.29) is 12.0 Å². The zero-order valence-corrected chi connectivity index (χ0v) is 10.7. The first-order valence-corrected chi connectivity index (χ1v) is 5.78. The van der Waals surface area contributed by atoms with E-state index >= 15 is 0 Å². The summed E-state index contributed by atoms with van der Waals surface area (Å²) in [6.45, 7) is 9.58. The molecule has 1 aromatic heterocycles. The maximum absolute atomic E-state index is 9.05. The molecule has 92 valence electrons. The number of rotatable bonds is 5. The van der Waals surface area contributed by atoms with Gasteiger partial charge in [0.15, 0.2) is 0 Å². The Balaban J connectivity index is 2.54. The van der Waals surface area contributed by atoms with E-state index in [1.807, 2.05) is 13.1 Å². The van der Waals surface area contributed by atoms with Gasteiger partial charge in [-0.25, -0.2) is 0 Å². The highest BCUT2D eigenvalue weighted by atomic mass is 16.3. The summed E-state index contributed by atoms with van der Waals surface area (Å²) in [5, 5.41) is 19.5. The number of aromatic nitrogens is 2. The van der Waals surface area contributed by atoms with Gasteiger partial charge in [0.25, 0.3) is 0 Å². The fourth-order valence-corrected chi connectivity index (χ4v) is 1.76. The van der Waals surface area contributed by atoms with Gasteiger partial charge in [0, 0.05) is 30.5 Å². The molecule has 1 aromatic rings. The zero-order valence-electron chi connectivity index (χ0n) is 10.7. The molecule has 0 amide bonds. The number of aromatic amines is 1. The Hall–Kier alpha value is -0.870. The van der Waals surface area contributed by atoms with Crippen molar-refractivity contribution in [2.45, 2.75) is 46.7 Å². The third-order valence-corrected chi connectivity index (χ3v) is 2.94. The van der Waals surface area contributed by atoms with Crippen LogP contribution in [0.15, 0.2) is 6.20 Å². The molecule has 0 aliphatic heterocycles. The van der Waals surface area contributed by atoms with Crippen molar-refractivity contribution < 1.29 is 5.11 Å². The number of aliphatic hydroxyl groups excluding tert-OH is 1. The number of hydrogen-bond acceptors (Lipinski definition) is 3. The summed E-state index contributed by atoms with van der Waals surface area (Å²) >= 11 is 0. The lowest BCUT2D eigenvalue weighted by Crippen LogP contribution is -2.40. The Bertz CT molecular complexity index is 314. The van der Waals surface area contributed by atoms with Crippen LogP contribution < -0.4 is 5.32 Å². The molecular formula is C12H23N3O. The molecule has 3 N–H and O–H groups in total. The maximum Gasteiger partial charge on any atom is 0.0535 e.